The van der Waals surface area contributed by atoms with Crippen LogP contribution in [0.4, 0.5) is 10.8 Å². The first-order valence-electron chi connectivity index (χ1n) is 8.77. The highest BCUT2D eigenvalue weighted by Gasteiger charge is 2.23. The van der Waals surface area contributed by atoms with Gasteiger partial charge in [0.05, 0.1) is 16.0 Å². The van der Waals surface area contributed by atoms with Gasteiger partial charge in [0.25, 0.3) is 11.6 Å². The predicted octanol–water partition coefficient (Wildman–Crippen LogP) is 4.25. The molecule has 1 unspecified atom stereocenters. The number of amides is 1. The molecule has 0 radical (unpaired) electrons. The van der Waals surface area contributed by atoms with E-state index in [-0.39, 0.29) is 19.9 Å². The van der Waals surface area contributed by atoms with Crippen molar-refractivity contribution >= 4 is 49.5 Å². The third kappa shape index (κ3) is 5.19. The van der Waals surface area contributed by atoms with E-state index in [2.05, 4.69) is 10.3 Å². The lowest BCUT2D eigenvalue weighted by molar-refractivity contribution is -0.384. The summed E-state index contributed by atoms with van der Waals surface area (Å²) in [6.07, 6.45) is 0.241. The molecule has 1 heterocycles. The normalized spacial score (nSPS) is 12.2. The van der Waals surface area contributed by atoms with Crippen molar-refractivity contribution in [3.05, 3.63) is 69.4 Å². The average molecular weight is 482 g/mol. The van der Waals surface area contributed by atoms with Crippen LogP contribution >= 0.6 is 22.9 Å². The fraction of sp³-hybridized carbons (Fsp3) is 0.158. The molecule has 2 aromatic carbocycles. The lowest BCUT2D eigenvalue weighted by atomic mass is 10.2. The van der Waals surface area contributed by atoms with Crippen LogP contribution in [0.1, 0.15) is 12.5 Å². The number of anilines is 1. The summed E-state index contributed by atoms with van der Waals surface area (Å²) in [5.74, 6) is -0.0180. The summed E-state index contributed by atoms with van der Waals surface area (Å²) in [5.41, 5.74) is 0.541. The molecule has 3 aromatic rings. The Morgan fingerprint density at radius 3 is 2.55 bits per heavy atom. The first kappa shape index (κ1) is 22.7. The van der Waals surface area contributed by atoms with E-state index in [9.17, 15) is 23.3 Å². The zero-order valence-electron chi connectivity index (χ0n) is 16.2. The number of aromatic nitrogens is 1. The Bertz CT molecular complexity index is 1240. The summed E-state index contributed by atoms with van der Waals surface area (Å²) in [7, 11) is -3.94. The van der Waals surface area contributed by atoms with Gasteiger partial charge in [-0.1, -0.05) is 22.9 Å². The van der Waals surface area contributed by atoms with Gasteiger partial charge in [-0.15, -0.1) is 0 Å². The Kier molecular flexibility index (Phi) is 6.58. The number of carbonyl (C=O) groups is 1. The molecular formula is C19H16ClN3O6S2. The quantitative estimate of drug-likeness (QED) is 0.394. The fourth-order valence-corrected chi connectivity index (χ4v) is 5.16. The Balaban J connectivity index is 1.71. The van der Waals surface area contributed by atoms with E-state index in [1.807, 2.05) is 0 Å². The molecule has 1 N–H and O–H groups in total. The standard InChI is InChI=1S/C19H16ClN3O6S2/c1-11-9-13(20)3-8-16(11)29-12(2)18(24)22-19-21-10-17(30-19)31(27,28)15-6-4-14(5-7-15)23(25)26/h3-10,12H,1-2H3,(H,21,22,24). The van der Waals surface area contributed by atoms with E-state index in [1.54, 1.807) is 32.0 Å². The molecule has 1 aromatic heterocycles. The minimum atomic E-state index is -3.94. The molecular weight excluding hydrogens is 466 g/mol. The van der Waals surface area contributed by atoms with Crippen molar-refractivity contribution in [2.75, 3.05) is 5.32 Å². The molecule has 12 heteroatoms. The molecule has 0 aliphatic carbocycles. The molecule has 0 bridgehead atoms. The summed E-state index contributed by atoms with van der Waals surface area (Å²) in [5, 5.41) is 13.9. The molecule has 1 amide bonds. The van der Waals surface area contributed by atoms with Gasteiger partial charge >= 0.3 is 0 Å². The second-order valence-electron chi connectivity index (χ2n) is 6.40. The van der Waals surface area contributed by atoms with Crippen LogP contribution in [-0.4, -0.2) is 30.3 Å². The third-order valence-electron chi connectivity index (χ3n) is 4.15. The number of nitrogens with one attached hydrogen (secondary N) is 1. The van der Waals surface area contributed by atoms with Gasteiger partial charge in [-0.05, 0) is 49.7 Å². The summed E-state index contributed by atoms with van der Waals surface area (Å²) < 4.78 is 30.9. The number of thiazole rings is 1. The van der Waals surface area contributed by atoms with Crippen molar-refractivity contribution < 1.29 is 22.9 Å². The maximum Gasteiger partial charge on any atom is 0.269 e. The van der Waals surface area contributed by atoms with Crippen molar-refractivity contribution in [3.8, 4) is 5.75 Å². The largest absolute Gasteiger partial charge is 0.481 e. The monoisotopic (exact) mass is 481 g/mol. The first-order valence-corrected chi connectivity index (χ1v) is 11.4. The first-order chi connectivity index (χ1) is 14.6. The number of carbonyl (C=O) groups excluding carboxylic acids is 1. The Morgan fingerprint density at radius 2 is 1.94 bits per heavy atom. The number of sulfone groups is 1. The van der Waals surface area contributed by atoms with Crippen molar-refractivity contribution in [2.45, 2.75) is 29.1 Å². The number of ether oxygens (including phenoxy) is 1. The topological polar surface area (TPSA) is 128 Å². The van der Waals surface area contributed by atoms with Gasteiger partial charge in [-0.2, -0.15) is 0 Å². The maximum absolute atomic E-state index is 12.7. The van der Waals surface area contributed by atoms with Gasteiger partial charge in [0.15, 0.2) is 11.2 Å². The molecule has 31 heavy (non-hydrogen) atoms. The smallest absolute Gasteiger partial charge is 0.269 e. The zero-order valence-corrected chi connectivity index (χ0v) is 18.6. The number of hydrogen-bond acceptors (Lipinski definition) is 8. The second kappa shape index (κ2) is 9.00. The third-order valence-corrected chi connectivity index (χ3v) is 7.53. The highest BCUT2D eigenvalue weighted by atomic mass is 35.5. The average Bonchev–Trinajstić information content (AvgIpc) is 3.19. The van der Waals surface area contributed by atoms with Crippen LogP contribution in [0.3, 0.4) is 0 Å². The van der Waals surface area contributed by atoms with Crippen LogP contribution in [-0.2, 0) is 14.6 Å². The summed E-state index contributed by atoms with van der Waals surface area (Å²) in [6, 6.07) is 9.51. The van der Waals surface area contributed by atoms with E-state index in [4.69, 9.17) is 16.3 Å². The Hall–Kier alpha value is -3.02. The van der Waals surface area contributed by atoms with E-state index in [0.717, 1.165) is 47.4 Å². The minimum absolute atomic E-state index is 0.0776. The number of rotatable bonds is 7. The molecule has 0 saturated carbocycles. The van der Waals surface area contributed by atoms with Crippen molar-refractivity contribution in [3.63, 3.8) is 0 Å². The number of aryl methyl sites for hydroxylation is 1. The lowest BCUT2D eigenvalue weighted by Gasteiger charge is -2.15. The van der Waals surface area contributed by atoms with Crippen LogP contribution in [0.25, 0.3) is 0 Å². The maximum atomic E-state index is 12.7. The molecule has 0 saturated heterocycles. The fourth-order valence-electron chi connectivity index (χ4n) is 2.50. The van der Waals surface area contributed by atoms with E-state index in [1.165, 1.54) is 0 Å². The lowest BCUT2D eigenvalue weighted by Crippen LogP contribution is -2.30. The summed E-state index contributed by atoms with van der Waals surface area (Å²) >= 11 is 6.67. The van der Waals surface area contributed by atoms with E-state index in [0.29, 0.717) is 10.8 Å². The number of nitro benzene ring substituents is 1. The summed E-state index contributed by atoms with van der Waals surface area (Å²) in [6.45, 7) is 3.34. The highest BCUT2D eigenvalue weighted by Crippen LogP contribution is 2.30. The van der Waals surface area contributed by atoms with Crippen LogP contribution in [0.15, 0.2) is 57.8 Å². The molecule has 3 rings (SSSR count). The molecule has 9 nitrogen and oxygen atoms in total. The van der Waals surface area contributed by atoms with E-state index >= 15 is 0 Å². The molecule has 0 aliphatic heterocycles. The van der Waals surface area contributed by atoms with Crippen molar-refractivity contribution in [1.82, 2.24) is 4.98 Å². The Morgan fingerprint density at radius 1 is 1.26 bits per heavy atom. The van der Waals surface area contributed by atoms with Gasteiger partial charge in [0, 0.05) is 17.2 Å². The van der Waals surface area contributed by atoms with Crippen LogP contribution in [0.2, 0.25) is 5.02 Å². The number of nitrogens with zero attached hydrogens (tertiary/aromatic N) is 2. The SMILES string of the molecule is Cc1cc(Cl)ccc1OC(C)C(=O)Nc1ncc(S(=O)(=O)c2ccc([N+](=O)[O-])cc2)s1. The van der Waals surface area contributed by atoms with Crippen LogP contribution in [0, 0.1) is 17.0 Å². The zero-order chi connectivity index (χ0) is 22.8. The molecule has 0 spiro atoms. The van der Waals surface area contributed by atoms with Gasteiger partial charge < -0.3 is 4.74 Å². The van der Waals surface area contributed by atoms with Gasteiger partial charge in [0.2, 0.25) is 9.84 Å². The minimum Gasteiger partial charge on any atom is -0.481 e. The Labute approximate surface area is 186 Å². The summed E-state index contributed by atoms with van der Waals surface area (Å²) in [4.78, 5) is 26.4. The van der Waals surface area contributed by atoms with Crippen molar-refractivity contribution in [2.24, 2.45) is 0 Å². The number of benzene rings is 2. The number of hydrogen-bond donors (Lipinski definition) is 1. The molecule has 162 valence electrons. The molecule has 0 fully saturated rings. The predicted molar refractivity (Wildman–Crippen MR) is 116 cm³/mol. The molecule has 0 aliphatic rings. The van der Waals surface area contributed by atoms with E-state index < -0.39 is 26.8 Å². The van der Waals surface area contributed by atoms with Crippen LogP contribution in [0.5, 0.6) is 5.75 Å². The van der Waals surface area contributed by atoms with Gasteiger partial charge in [-0.25, -0.2) is 13.4 Å². The number of non-ortho nitro benzene ring substituents is 1. The number of halogens is 1. The van der Waals surface area contributed by atoms with Crippen LogP contribution < -0.4 is 10.1 Å². The highest BCUT2D eigenvalue weighted by molar-refractivity contribution is 7.93. The van der Waals surface area contributed by atoms with Gasteiger partial charge in [-0.3, -0.25) is 20.2 Å². The number of nitro groups is 1. The second-order valence-corrected chi connectivity index (χ2v) is 10.0. The van der Waals surface area contributed by atoms with Crippen molar-refractivity contribution in [1.29, 1.82) is 0 Å². The van der Waals surface area contributed by atoms with Gasteiger partial charge in [0.1, 0.15) is 9.96 Å². The molecule has 1 atom stereocenters.